The number of anilines is 1. The van der Waals surface area contributed by atoms with Crippen LogP contribution in [0.25, 0.3) is 10.8 Å². The van der Waals surface area contributed by atoms with Crippen molar-refractivity contribution in [2.45, 2.75) is 13.1 Å². The number of morpholine rings is 1. The van der Waals surface area contributed by atoms with E-state index in [-0.39, 0.29) is 0 Å². The van der Waals surface area contributed by atoms with Crippen molar-refractivity contribution in [2.75, 3.05) is 31.6 Å². The van der Waals surface area contributed by atoms with Gasteiger partial charge in [-0.3, -0.25) is 4.90 Å². The molecule has 1 aromatic heterocycles. The molecule has 3 aromatic rings. The number of ether oxygens (including phenoxy) is 1. The quantitative estimate of drug-likeness (QED) is 0.681. The van der Waals surface area contributed by atoms with Crippen LogP contribution in [-0.2, 0) is 17.8 Å². The lowest BCUT2D eigenvalue weighted by molar-refractivity contribution is 0.0341. The zero-order valence-corrected chi connectivity index (χ0v) is 15.4. The SMILES string of the molecule is Clc1nc(NCc2ccccc2CN2CCOCC2)cc2ccccc12. The van der Waals surface area contributed by atoms with Crippen LogP contribution in [0.4, 0.5) is 5.82 Å². The highest BCUT2D eigenvalue weighted by Crippen LogP contribution is 2.25. The standard InChI is InChI=1S/C21H22ClN3O/c22-21-19-8-4-3-5-16(19)13-20(24-21)23-14-17-6-1-2-7-18(17)15-25-9-11-26-12-10-25/h1-8,13H,9-12,14-15H2,(H,23,24). The van der Waals surface area contributed by atoms with Gasteiger partial charge >= 0.3 is 0 Å². The van der Waals surface area contributed by atoms with Crippen LogP contribution in [-0.4, -0.2) is 36.2 Å². The highest BCUT2D eigenvalue weighted by Gasteiger charge is 2.13. The molecule has 0 spiro atoms. The Morgan fingerprint density at radius 3 is 2.58 bits per heavy atom. The summed E-state index contributed by atoms with van der Waals surface area (Å²) in [7, 11) is 0. The molecule has 1 N–H and O–H groups in total. The maximum atomic E-state index is 6.33. The fourth-order valence-corrected chi connectivity index (χ4v) is 3.58. The van der Waals surface area contributed by atoms with Gasteiger partial charge in [-0.05, 0) is 22.6 Å². The Kier molecular flexibility index (Phi) is 5.34. The normalized spacial score (nSPS) is 15.3. The molecule has 2 heterocycles. The number of fused-ring (bicyclic) bond motifs is 1. The minimum Gasteiger partial charge on any atom is -0.379 e. The minimum absolute atomic E-state index is 0.534. The van der Waals surface area contributed by atoms with Crippen LogP contribution in [0.5, 0.6) is 0 Å². The van der Waals surface area contributed by atoms with E-state index in [2.05, 4.69) is 45.5 Å². The molecule has 1 aliphatic rings. The van der Waals surface area contributed by atoms with Crippen LogP contribution in [0, 0.1) is 0 Å². The van der Waals surface area contributed by atoms with Crippen molar-refractivity contribution in [2.24, 2.45) is 0 Å². The molecule has 0 atom stereocenters. The number of hydrogen-bond donors (Lipinski definition) is 1. The molecule has 4 nitrogen and oxygen atoms in total. The summed E-state index contributed by atoms with van der Waals surface area (Å²) < 4.78 is 5.44. The number of hydrogen-bond acceptors (Lipinski definition) is 4. The number of halogens is 1. The molecule has 0 amide bonds. The molecule has 26 heavy (non-hydrogen) atoms. The van der Waals surface area contributed by atoms with E-state index in [4.69, 9.17) is 16.3 Å². The molecular weight excluding hydrogens is 346 g/mol. The third kappa shape index (κ3) is 3.98. The predicted octanol–water partition coefficient (Wildman–Crippen LogP) is 4.33. The lowest BCUT2D eigenvalue weighted by Gasteiger charge is -2.27. The summed E-state index contributed by atoms with van der Waals surface area (Å²) in [6.45, 7) is 5.29. The van der Waals surface area contributed by atoms with Gasteiger partial charge in [0.25, 0.3) is 0 Å². The van der Waals surface area contributed by atoms with Crippen molar-refractivity contribution >= 4 is 28.2 Å². The van der Waals surface area contributed by atoms with E-state index in [9.17, 15) is 0 Å². The summed E-state index contributed by atoms with van der Waals surface area (Å²) in [6.07, 6.45) is 0. The van der Waals surface area contributed by atoms with Crippen molar-refractivity contribution < 1.29 is 4.74 Å². The molecule has 1 fully saturated rings. The maximum absolute atomic E-state index is 6.33. The Hall–Kier alpha value is -2.14. The van der Waals surface area contributed by atoms with Gasteiger partial charge in [0, 0.05) is 31.6 Å². The van der Waals surface area contributed by atoms with Crippen LogP contribution in [0.2, 0.25) is 5.15 Å². The molecule has 4 rings (SSSR count). The molecule has 5 heteroatoms. The molecular formula is C21H22ClN3O. The first-order valence-electron chi connectivity index (χ1n) is 8.95. The number of benzene rings is 2. The van der Waals surface area contributed by atoms with Gasteiger partial charge in [-0.1, -0.05) is 60.1 Å². The van der Waals surface area contributed by atoms with Crippen molar-refractivity contribution in [3.8, 4) is 0 Å². The molecule has 1 saturated heterocycles. The van der Waals surface area contributed by atoms with Crippen LogP contribution in [0.3, 0.4) is 0 Å². The van der Waals surface area contributed by atoms with Gasteiger partial charge in [0.05, 0.1) is 13.2 Å². The molecule has 2 aromatic carbocycles. The van der Waals surface area contributed by atoms with Crippen LogP contribution in [0.1, 0.15) is 11.1 Å². The zero-order chi connectivity index (χ0) is 17.8. The van der Waals surface area contributed by atoms with Crippen LogP contribution >= 0.6 is 11.6 Å². The van der Waals surface area contributed by atoms with Crippen molar-refractivity contribution in [3.05, 3.63) is 70.9 Å². The second-order valence-corrected chi connectivity index (χ2v) is 6.89. The smallest absolute Gasteiger partial charge is 0.139 e. The van der Waals surface area contributed by atoms with E-state index in [0.29, 0.717) is 5.15 Å². The van der Waals surface area contributed by atoms with Gasteiger partial charge in [-0.25, -0.2) is 4.98 Å². The van der Waals surface area contributed by atoms with Crippen molar-refractivity contribution in [1.29, 1.82) is 0 Å². The van der Waals surface area contributed by atoms with E-state index in [1.165, 1.54) is 11.1 Å². The predicted molar refractivity (Wildman–Crippen MR) is 107 cm³/mol. The van der Waals surface area contributed by atoms with E-state index in [0.717, 1.165) is 56.0 Å². The summed E-state index contributed by atoms with van der Waals surface area (Å²) >= 11 is 6.33. The van der Waals surface area contributed by atoms with E-state index < -0.39 is 0 Å². The highest BCUT2D eigenvalue weighted by atomic mass is 35.5. The second-order valence-electron chi connectivity index (χ2n) is 6.53. The molecule has 0 bridgehead atoms. The summed E-state index contributed by atoms with van der Waals surface area (Å²) in [5.74, 6) is 0.801. The third-order valence-electron chi connectivity index (χ3n) is 4.77. The lowest BCUT2D eigenvalue weighted by Crippen LogP contribution is -2.35. The van der Waals surface area contributed by atoms with Crippen molar-refractivity contribution in [1.82, 2.24) is 9.88 Å². The first-order chi connectivity index (χ1) is 12.8. The average Bonchev–Trinajstić information content (AvgIpc) is 2.68. The van der Waals surface area contributed by atoms with Crippen molar-refractivity contribution in [3.63, 3.8) is 0 Å². The Labute approximate surface area is 158 Å². The lowest BCUT2D eigenvalue weighted by atomic mass is 10.1. The molecule has 134 valence electrons. The first kappa shape index (κ1) is 17.3. The Bertz CT molecular complexity index is 893. The molecule has 0 saturated carbocycles. The van der Waals surface area contributed by atoms with Gasteiger partial charge in [0.15, 0.2) is 0 Å². The Morgan fingerprint density at radius 1 is 1.00 bits per heavy atom. The van der Waals surface area contributed by atoms with Gasteiger partial charge in [0.2, 0.25) is 0 Å². The first-order valence-corrected chi connectivity index (χ1v) is 9.33. The summed E-state index contributed by atoms with van der Waals surface area (Å²) in [6, 6.07) is 18.6. The Balaban J connectivity index is 1.49. The monoisotopic (exact) mass is 367 g/mol. The fourth-order valence-electron chi connectivity index (χ4n) is 3.32. The van der Waals surface area contributed by atoms with E-state index >= 15 is 0 Å². The second kappa shape index (κ2) is 8.04. The van der Waals surface area contributed by atoms with Gasteiger partial charge in [0.1, 0.15) is 11.0 Å². The summed E-state index contributed by atoms with van der Waals surface area (Å²) in [5.41, 5.74) is 2.62. The number of nitrogens with zero attached hydrogens (tertiary/aromatic N) is 2. The summed E-state index contributed by atoms with van der Waals surface area (Å²) in [5, 5.41) is 6.04. The molecule has 0 aliphatic carbocycles. The number of aromatic nitrogens is 1. The molecule has 0 radical (unpaired) electrons. The number of nitrogens with one attached hydrogen (secondary N) is 1. The van der Waals surface area contributed by atoms with Gasteiger partial charge < -0.3 is 10.1 Å². The van der Waals surface area contributed by atoms with Gasteiger partial charge in [-0.2, -0.15) is 0 Å². The molecule has 0 unspecified atom stereocenters. The molecule has 1 aliphatic heterocycles. The highest BCUT2D eigenvalue weighted by molar-refractivity contribution is 6.34. The number of pyridine rings is 1. The largest absolute Gasteiger partial charge is 0.379 e. The third-order valence-corrected chi connectivity index (χ3v) is 5.06. The van der Waals surface area contributed by atoms with E-state index in [1.807, 2.05) is 24.3 Å². The van der Waals surface area contributed by atoms with Crippen LogP contribution < -0.4 is 5.32 Å². The minimum atomic E-state index is 0.534. The number of rotatable bonds is 5. The van der Waals surface area contributed by atoms with E-state index in [1.54, 1.807) is 0 Å². The van der Waals surface area contributed by atoms with Crippen LogP contribution in [0.15, 0.2) is 54.6 Å². The topological polar surface area (TPSA) is 37.4 Å². The summed E-state index contributed by atoms with van der Waals surface area (Å²) in [4.78, 5) is 6.93. The maximum Gasteiger partial charge on any atom is 0.139 e. The fraction of sp³-hybridized carbons (Fsp3) is 0.286. The Morgan fingerprint density at radius 2 is 1.73 bits per heavy atom. The average molecular weight is 368 g/mol. The zero-order valence-electron chi connectivity index (χ0n) is 14.6. The van der Waals surface area contributed by atoms with Gasteiger partial charge in [-0.15, -0.1) is 0 Å².